The molecule has 20 heavy (non-hydrogen) atoms. The lowest BCUT2D eigenvalue weighted by atomic mass is 9.94. The molecule has 0 amide bonds. The molecule has 2 aliphatic rings. The maximum Gasteiger partial charge on any atom is 0.119 e. The lowest BCUT2D eigenvalue weighted by Gasteiger charge is -2.24. The van der Waals surface area contributed by atoms with Crippen molar-refractivity contribution in [2.75, 3.05) is 26.2 Å². The van der Waals surface area contributed by atoms with Gasteiger partial charge in [0.05, 0.1) is 6.61 Å². The van der Waals surface area contributed by atoms with Crippen molar-refractivity contribution >= 4 is 0 Å². The maximum atomic E-state index is 5.63. The van der Waals surface area contributed by atoms with E-state index in [-0.39, 0.29) is 0 Å². The molecule has 0 aromatic heterocycles. The summed E-state index contributed by atoms with van der Waals surface area (Å²) in [5.74, 6) is 1.86. The van der Waals surface area contributed by atoms with Crippen LogP contribution >= 0.6 is 0 Å². The van der Waals surface area contributed by atoms with Crippen LogP contribution in [0.15, 0.2) is 24.3 Å². The molecule has 0 radical (unpaired) electrons. The molecule has 2 heterocycles. The van der Waals surface area contributed by atoms with E-state index in [1.807, 2.05) is 0 Å². The van der Waals surface area contributed by atoms with Crippen LogP contribution in [0.4, 0.5) is 0 Å². The molecule has 2 fully saturated rings. The molecule has 1 N–H and O–H groups in total. The molecule has 2 saturated heterocycles. The molecule has 3 heteroatoms. The van der Waals surface area contributed by atoms with Crippen molar-refractivity contribution < 1.29 is 4.74 Å². The average Bonchev–Trinajstić information content (AvgIpc) is 2.89. The predicted molar refractivity (Wildman–Crippen MR) is 82.0 cm³/mol. The minimum Gasteiger partial charge on any atom is -0.494 e. The standard InChI is InChI=1S/C17H26N2O/c1-2-10-20-16-7-5-14(6-8-16)11-19-12-15-4-3-9-18-17(15)13-19/h5-8,15,17-18H,2-4,9-13H2,1H3. The number of nitrogens with one attached hydrogen (secondary N) is 1. The molecule has 2 atom stereocenters. The maximum absolute atomic E-state index is 5.63. The third-order valence-corrected chi connectivity index (χ3v) is 4.48. The van der Waals surface area contributed by atoms with E-state index in [0.29, 0.717) is 0 Å². The van der Waals surface area contributed by atoms with Crippen LogP contribution in [0.25, 0.3) is 0 Å². The van der Waals surface area contributed by atoms with Crippen LogP contribution in [-0.4, -0.2) is 37.2 Å². The van der Waals surface area contributed by atoms with E-state index in [4.69, 9.17) is 4.74 Å². The molecule has 0 bridgehead atoms. The Hall–Kier alpha value is -1.06. The summed E-state index contributed by atoms with van der Waals surface area (Å²) >= 11 is 0. The number of ether oxygens (including phenoxy) is 1. The van der Waals surface area contributed by atoms with Crippen LogP contribution in [0.5, 0.6) is 5.75 Å². The lowest BCUT2D eigenvalue weighted by Crippen LogP contribution is -2.40. The normalized spacial score (nSPS) is 26.4. The van der Waals surface area contributed by atoms with Crippen LogP contribution < -0.4 is 10.1 Å². The molecule has 0 aliphatic carbocycles. The van der Waals surface area contributed by atoms with Gasteiger partial charge in [-0.1, -0.05) is 19.1 Å². The highest BCUT2D eigenvalue weighted by Gasteiger charge is 2.33. The second kappa shape index (κ2) is 6.59. The van der Waals surface area contributed by atoms with Gasteiger partial charge in [0.2, 0.25) is 0 Å². The first-order valence-corrected chi connectivity index (χ1v) is 8.02. The van der Waals surface area contributed by atoms with Gasteiger partial charge in [-0.2, -0.15) is 0 Å². The van der Waals surface area contributed by atoms with Crippen LogP contribution in [-0.2, 0) is 6.54 Å². The van der Waals surface area contributed by atoms with Gasteiger partial charge in [-0.25, -0.2) is 0 Å². The highest BCUT2D eigenvalue weighted by molar-refractivity contribution is 5.27. The second-order valence-corrected chi connectivity index (χ2v) is 6.15. The molecule has 3 nitrogen and oxygen atoms in total. The highest BCUT2D eigenvalue weighted by atomic mass is 16.5. The van der Waals surface area contributed by atoms with E-state index < -0.39 is 0 Å². The van der Waals surface area contributed by atoms with Gasteiger partial charge in [-0.05, 0) is 49.4 Å². The zero-order chi connectivity index (χ0) is 13.8. The van der Waals surface area contributed by atoms with Crippen molar-refractivity contribution in [1.82, 2.24) is 10.2 Å². The number of rotatable bonds is 5. The summed E-state index contributed by atoms with van der Waals surface area (Å²) in [5.41, 5.74) is 1.40. The lowest BCUT2D eigenvalue weighted by molar-refractivity contribution is 0.310. The summed E-state index contributed by atoms with van der Waals surface area (Å²) in [5, 5.41) is 3.67. The van der Waals surface area contributed by atoms with Crippen molar-refractivity contribution in [3.8, 4) is 5.75 Å². The Morgan fingerprint density at radius 1 is 1.25 bits per heavy atom. The molecular formula is C17H26N2O. The third kappa shape index (κ3) is 3.33. The Kier molecular flexibility index (Phi) is 4.58. The minimum absolute atomic E-state index is 0.732. The molecular weight excluding hydrogens is 248 g/mol. The Balaban J connectivity index is 1.53. The monoisotopic (exact) mass is 274 g/mol. The van der Waals surface area contributed by atoms with Crippen molar-refractivity contribution in [2.45, 2.75) is 38.8 Å². The van der Waals surface area contributed by atoms with Crippen LogP contribution in [0, 0.1) is 5.92 Å². The number of hydrogen-bond donors (Lipinski definition) is 1. The van der Waals surface area contributed by atoms with Crippen LogP contribution in [0.3, 0.4) is 0 Å². The number of fused-ring (bicyclic) bond motifs is 1. The van der Waals surface area contributed by atoms with Crippen LogP contribution in [0.1, 0.15) is 31.7 Å². The number of piperidine rings is 1. The minimum atomic E-state index is 0.732. The third-order valence-electron chi connectivity index (χ3n) is 4.48. The number of hydrogen-bond acceptors (Lipinski definition) is 3. The fourth-order valence-electron chi connectivity index (χ4n) is 3.43. The SMILES string of the molecule is CCCOc1ccc(CN2CC3CCCNC3C2)cc1. The largest absolute Gasteiger partial charge is 0.494 e. The van der Waals surface area contributed by atoms with E-state index in [1.165, 1.54) is 38.0 Å². The predicted octanol–water partition coefficient (Wildman–Crippen LogP) is 2.66. The molecule has 2 aliphatic heterocycles. The fourth-order valence-corrected chi connectivity index (χ4v) is 3.43. The van der Waals surface area contributed by atoms with Gasteiger partial charge in [0.15, 0.2) is 0 Å². The quantitative estimate of drug-likeness (QED) is 0.893. The van der Waals surface area contributed by atoms with Crippen LogP contribution in [0.2, 0.25) is 0 Å². The first-order chi connectivity index (χ1) is 9.85. The summed E-state index contributed by atoms with van der Waals surface area (Å²) in [6.07, 6.45) is 3.81. The Bertz CT molecular complexity index is 404. The van der Waals surface area contributed by atoms with Gasteiger partial charge in [0.1, 0.15) is 5.75 Å². The number of benzene rings is 1. The van der Waals surface area contributed by atoms with E-state index in [1.54, 1.807) is 0 Å². The molecule has 0 spiro atoms. The molecule has 110 valence electrons. The second-order valence-electron chi connectivity index (χ2n) is 6.15. The Labute approximate surface area is 122 Å². The van der Waals surface area contributed by atoms with Gasteiger partial charge < -0.3 is 10.1 Å². The summed E-state index contributed by atoms with van der Waals surface area (Å²) in [6, 6.07) is 9.36. The fraction of sp³-hybridized carbons (Fsp3) is 0.647. The molecule has 1 aromatic carbocycles. The first-order valence-electron chi connectivity index (χ1n) is 8.02. The Morgan fingerprint density at radius 3 is 2.85 bits per heavy atom. The van der Waals surface area contributed by atoms with E-state index >= 15 is 0 Å². The van der Waals surface area contributed by atoms with Gasteiger partial charge in [0, 0.05) is 25.7 Å². The first kappa shape index (κ1) is 13.9. The molecule has 2 unspecified atom stereocenters. The zero-order valence-electron chi connectivity index (χ0n) is 12.5. The van der Waals surface area contributed by atoms with Crippen molar-refractivity contribution in [3.63, 3.8) is 0 Å². The van der Waals surface area contributed by atoms with Gasteiger partial charge in [-0.15, -0.1) is 0 Å². The summed E-state index contributed by atoms with van der Waals surface area (Å²) in [6.45, 7) is 7.68. The average molecular weight is 274 g/mol. The molecule has 3 rings (SSSR count). The summed E-state index contributed by atoms with van der Waals surface area (Å²) < 4.78 is 5.63. The van der Waals surface area contributed by atoms with Gasteiger partial charge in [-0.3, -0.25) is 4.90 Å². The summed E-state index contributed by atoms with van der Waals surface area (Å²) in [4.78, 5) is 2.59. The topological polar surface area (TPSA) is 24.5 Å². The highest BCUT2D eigenvalue weighted by Crippen LogP contribution is 2.26. The van der Waals surface area contributed by atoms with Gasteiger partial charge >= 0.3 is 0 Å². The molecule has 0 saturated carbocycles. The Morgan fingerprint density at radius 2 is 2.10 bits per heavy atom. The zero-order valence-corrected chi connectivity index (χ0v) is 12.5. The van der Waals surface area contributed by atoms with Crippen molar-refractivity contribution in [1.29, 1.82) is 0 Å². The number of likely N-dealkylation sites (tertiary alicyclic amines) is 1. The van der Waals surface area contributed by atoms with E-state index in [2.05, 4.69) is 41.4 Å². The van der Waals surface area contributed by atoms with Crippen molar-refractivity contribution in [2.24, 2.45) is 5.92 Å². The summed E-state index contributed by atoms with van der Waals surface area (Å²) in [7, 11) is 0. The number of nitrogens with zero attached hydrogens (tertiary/aromatic N) is 1. The van der Waals surface area contributed by atoms with Gasteiger partial charge in [0.25, 0.3) is 0 Å². The van der Waals surface area contributed by atoms with E-state index in [9.17, 15) is 0 Å². The molecule has 1 aromatic rings. The van der Waals surface area contributed by atoms with Crippen molar-refractivity contribution in [3.05, 3.63) is 29.8 Å². The van der Waals surface area contributed by atoms with E-state index in [0.717, 1.165) is 37.3 Å². The smallest absolute Gasteiger partial charge is 0.119 e.